The highest BCUT2D eigenvalue weighted by Gasteiger charge is 2.18. The van der Waals surface area contributed by atoms with E-state index in [0.29, 0.717) is 25.7 Å². The molecule has 12 heteroatoms. The maximum absolute atomic E-state index is 9.90. The van der Waals surface area contributed by atoms with Gasteiger partial charge < -0.3 is 45.3 Å². The van der Waals surface area contributed by atoms with Gasteiger partial charge in [0.2, 0.25) is 0 Å². The van der Waals surface area contributed by atoms with Crippen molar-refractivity contribution in [1.82, 2.24) is 14.7 Å². The highest BCUT2D eigenvalue weighted by Crippen LogP contribution is 2.04. The second-order valence-electron chi connectivity index (χ2n) is 7.72. The third-order valence-electron chi connectivity index (χ3n) is 4.73. The van der Waals surface area contributed by atoms with E-state index in [9.17, 15) is 14.4 Å². The van der Waals surface area contributed by atoms with Gasteiger partial charge in [0.25, 0.3) is 0 Å². The van der Waals surface area contributed by atoms with Crippen LogP contribution in [0.5, 0.6) is 0 Å². The molecule has 32 heavy (non-hydrogen) atoms. The number of hydrogen-bond donors (Lipinski definition) is 6. The zero-order valence-electron chi connectivity index (χ0n) is 18.8. The Kier molecular flexibility index (Phi) is 16.7. The number of aliphatic carboxylic acids is 3. The van der Waals surface area contributed by atoms with E-state index < -0.39 is 24.2 Å². The summed E-state index contributed by atoms with van der Waals surface area (Å²) in [6, 6.07) is 0. The second kappa shape index (κ2) is 17.7. The normalized spacial score (nSPS) is 17.5. The van der Waals surface area contributed by atoms with Crippen molar-refractivity contribution in [3.05, 3.63) is 0 Å². The van der Waals surface area contributed by atoms with E-state index in [1.165, 1.54) is 0 Å². The molecular formula is C20H39N3O9. The van der Waals surface area contributed by atoms with Crippen molar-refractivity contribution in [1.29, 1.82) is 0 Å². The average Bonchev–Trinajstić information content (AvgIpc) is 3.57. The Labute approximate surface area is 188 Å². The molecule has 3 rings (SSSR count). The Bertz CT molecular complexity index is 471. The summed E-state index contributed by atoms with van der Waals surface area (Å²) in [7, 11) is 0. The number of carboxylic acid groups (broad SMARTS) is 3. The van der Waals surface area contributed by atoms with Crippen LogP contribution >= 0.6 is 0 Å². The molecule has 0 aromatic rings. The van der Waals surface area contributed by atoms with Crippen molar-refractivity contribution >= 4 is 17.9 Å². The SMILES string of the molecule is CCC(CO)C(O)O.O=C(O)CCN1CC1.O=C(O)CCN1CC1.O=C(O)CCN1CC1. The molecule has 0 spiro atoms. The van der Waals surface area contributed by atoms with Crippen LogP contribution in [0.3, 0.4) is 0 Å². The minimum atomic E-state index is -1.37. The second-order valence-corrected chi connectivity index (χ2v) is 7.72. The minimum Gasteiger partial charge on any atom is -0.481 e. The van der Waals surface area contributed by atoms with Gasteiger partial charge in [0, 0.05) is 64.8 Å². The maximum atomic E-state index is 9.90. The first-order valence-electron chi connectivity index (χ1n) is 10.9. The molecule has 3 aliphatic rings. The number of aliphatic hydroxyl groups is 3. The molecular weight excluding hydrogens is 426 g/mol. The molecule has 0 aromatic heterocycles. The van der Waals surface area contributed by atoms with Crippen LogP contribution in [0.4, 0.5) is 0 Å². The van der Waals surface area contributed by atoms with Gasteiger partial charge in [0.1, 0.15) is 0 Å². The summed E-state index contributed by atoms with van der Waals surface area (Å²) in [4.78, 5) is 36.0. The van der Waals surface area contributed by atoms with Gasteiger partial charge in [-0.3, -0.25) is 14.4 Å². The fourth-order valence-corrected chi connectivity index (χ4v) is 2.08. The molecule has 3 fully saturated rings. The van der Waals surface area contributed by atoms with Crippen LogP contribution in [0.15, 0.2) is 0 Å². The van der Waals surface area contributed by atoms with Gasteiger partial charge >= 0.3 is 17.9 Å². The Balaban J connectivity index is 0.000000400. The number of carbonyl (C=O) groups is 3. The Morgan fingerprint density at radius 1 is 0.688 bits per heavy atom. The van der Waals surface area contributed by atoms with Crippen LogP contribution in [-0.4, -0.2) is 135 Å². The summed E-state index contributed by atoms with van der Waals surface area (Å²) < 4.78 is 0. The van der Waals surface area contributed by atoms with Crippen LogP contribution in [0.2, 0.25) is 0 Å². The van der Waals surface area contributed by atoms with E-state index in [0.717, 1.165) is 58.9 Å². The number of rotatable bonds is 12. The summed E-state index contributed by atoms with van der Waals surface area (Å²) in [5.41, 5.74) is 0. The highest BCUT2D eigenvalue weighted by molar-refractivity contribution is 5.67. The molecule has 1 unspecified atom stereocenters. The first-order valence-corrected chi connectivity index (χ1v) is 10.9. The first-order chi connectivity index (χ1) is 15.1. The number of nitrogens with zero attached hydrogens (tertiary/aromatic N) is 3. The standard InChI is InChI=1S/3C5H9NO2.C5H12O3/c3*7-5(8)1-2-6-3-4-6;1-2-4(3-6)5(7)8/h3*1-4H2,(H,7,8);4-8H,2-3H2,1H3. The molecule has 6 N–H and O–H groups in total. The monoisotopic (exact) mass is 465 g/mol. The van der Waals surface area contributed by atoms with Gasteiger partial charge in [-0.2, -0.15) is 0 Å². The zero-order chi connectivity index (χ0) is 24.5. The van der Waals surface area contributed by atoms with Crippen LogP contribution in [0, 0.1) is 5.92 Å². The molecule has 0 aliphatic carbocycles. The lowest BCUT2D eigenvalue weighted by atomic mass is 10.1. The molecule has 0 aromatic carbocycles. The Morgan fingerprint density at radius 2 is 0.969 bits per heavy atom. The van der Waals surface area contributed by atoms with Crippen molar-refractivity contribution in [2.45, 2.75) is 38.9 Å². The van der Waals surface area contributed by atoms with Crippen molar-refractivity contribution in [3.8, 4) is 0 Å². The lowest BCUT2D eigenvalue weighted by Gasteiger charge is -2.12. The van der Waals surface area contributed by atoms with Gasteiger partial charge in [-0.1, -0.05) is 6.92 Å². The summed E-state index contributed by atoms with van der Waals surface area (Å²) in [5, 5.41) is 49.7. The summed E-state index contributed by atoms with van der Waals surface area (Å²) >= 11 is 0. The van der Waals surface area contributed by atoms with Gasteiger partial charge in [-0.05, 0) is 6.42 Å². The van der Waals surface area contributed by atoms with Gasteiger partial charge in [0.15, 0.2) is 6.29 Å². The third-order valence-corrected chi connectivity index (χ3v) is 4.73. The topological polar surface area (TPSA) is 182 Å². The van der Waals surface area contributed by atoms with Crippen LogP contribution in [0.25, 0.3) is 0 Å². The van der Waals surface area contributed by atoms with E-state index in [-0.39, 0.29) is 12.5 Å². The largest absolute Gasteiger partial charge is 0.481 e. The summed E-state index contributed by atoms with van der Waals surface area (Å²) in [6.45, 7) is 10.4. The molecule has 3 saturated heterocycles. The molecule has 0 radical (unpaired) electrons. The first kappa shape index (κ1) is 30.2. The lowest BCUT2D eigenvalue weighted by Crippen LogP contribution is -2.21. The predicted molar refractivity (Wildman–Crippen MR) is 115 cm³/mol. The molecule has 3 heterocycles. The fourth-order valence-electron chi connectivity index (χ4n) is 2.08. The van der Waals surface area contributed by atoms with E-state index in [1.807, 2.05) is 0 Å². The Hall–Kier alpha value is -1.83. The molecule has 0 saturated carbocycles. The van der Waals surface area contributed by atoms with Crippen molar-refractivity contribution < 1.29 is 45.0 Å². The number of aliphatic hydroxyl groups excluding tert-OH is 2. The minimum absolute atomic E-state index is 0.159. The third kappa shape index (κ3) is 22.8. The van der Waals surface area contributed by atoms with Crippen LogP contribution < -0.4 is 0 Å². The van der Waals surface area contributed by atoms with Crippen LogP contribution in [0.1, 0.15) is 32.6 Å². The molecule has 188 valence electrons. The highest BCUT2D eigenvalue weighted by atomic mass is 16.5. The van der Waals surface area contributed by atoms with Crippen molar-refractivity contribution in [2.24, 2.45) is 5.92 Å². The van der Waals surface area contributed by atoms with Crippen LogP contribution in [-0.2, 0) is 14.4 Å². The van der Waals surface area contributed by atoms with Gasteiger partial charge in [0.05, 0.1) is 25.9 Å². The molecule has 12 nitrogen and oxygen atoms in total. The quantitative estimate of drug-likeness (QED) is 0.147. The average molecular weight is 466 g/mol. The van der Waals surface area contributed by atoms with Crippen molar-refractivity contribution in [3.63, 3.8) is 0 Å². The van der Waals surface area contributed by atoms with E-state index in [4.69, 9.17) is 30.6 Å². The van der Waals surface area contributed by atoms with Gasteiger partial charge in [-0.25, -0.2) is 0 Å². The van der Waals surface area contributed by atoms with Crippen molar-refractivity contribution in [2.75, 3.05) is 65.5 Å². The number of hydrogen-bond acceptors (Lipinski definition) is 9. The fraction of sp³-hybridized carbons (Fsp3) is 0.850. The summed E-state index contributed by atoms with van der Waals surface area (Å²) in [5.74, 6) is -2.47. The maximum Gasteiger partial charge on any atom is 0.304 e. The molecule has 1 atom stereocenters. The van der Waals surface area contributed by atoms with Gasteiger partial charge in [-0.15, -0.1) is 0 Å². The summed E-state index contributed by atoms with van der Waals surface area (Å²) in [6.07, 6.45) is 0.0961. The smallest absolute Gasteiger partial charge is 0.304 e. The number of carboxylic acids is 3. The zero-order valence-corrected chi connectivity index (χ0v) is 18.8. The Morgan fingerprint density at radius 3 is 1.06 bits per heavy atom. The van der Waals surface area contributed by atoms with E-state index >= 15 is 0 Å². The predicted octanol–water partition coefficient (Wildman–Crippen LogP) is -1.35. The lowest BCUT2D eigenvalue weighted by molar-refractivity contribution is -0.138. The van der Waals surface area contributed by atoms with E-state index in [2.05, 4.69) is 14.7 Å². The van der Waals surface area contributed by atoms with E-state index in [1.54, 1.807) is 6.92 Å². The molecule has 3 aliphatic heterocycles. The molecule has 0 amide bonds. The molecule has 0 bridgehead atoms.